The van der Waals surface area contributed by atoms with E-state index >= 15 is 0 Å². The van der Waals surface area contributed by atoms with Gasteiger partial charge in [0.05, 0.1) is 17.8 Å². The van der Waals surface area contributed by atoms with Gasteiger partial charge in [0.25, 0.3) is 11.8 Å². The molecule has 26 heavy (non-hydrogen) atoms. The summed E-state index contributed by atoms with van der Waals surface area (Å²) in [5.74, 6) is -0.622. The van der Waals surface area contributed by atoms with Crippen LogP contribution in [0.3, 0.4) is 0 Å². The van der Waals surface area contributed by atoms with Crippen molar-refractivity contribution in [3.8, 4) is 0 Å². The number of carbonyl (C=O) groups excluding carboxylic acids is 2. The number of nitrogens with zero attached hydrogens (tertiary/aromatic N) is 3. The molecule has 6 nitrogen and oxygen atoms in total. The molecule has 1 N–H and O–H groups in total. The van der Waals surface area contributed by atoms with Gasteiger partial charge in [-0.15, -0.1) is 0 Å². The zero-order valence-corrected chi connectivity index (χ0v) is 14.6. The lowest BCUT2D eigenvalue weighted by molar-refractivity contribution is -0.135. The van der Waals surface area contributed by atoms with Crippen molar-refractivity contribution in [3.63, 3.8) is 0 Å². The first-order valence-corrected chi connectivity index (χ1v) is 8.33. The van der Waals surface area contributed by atoms with Gasteiger partial charge in [0.2, 0.25) is 0 Å². The van der Waals surface area contributed by atoms with Crippen molar-refractivity contribution < 1.29 is 9.59 Å². The van der Waals surface area contributed by atoms with E-state index in [0.29, 0.717) is 17.8 Å². The molecule has 3 aromatic rings. The Labute approximate surface area is 150 Å². The summed E-state index contributed by atoms with van der Waals surface area (Å²) in [6.07, 6.45) is 3.59. The van der Waals surface area contributed by atoms with E-state index < -0.39 is 0 Å². The van der Waals surface area contributed by atoms with Crippen LogP contribution in [0.5, 0.6) is 0 Å². The molecule has 1 aliphatic rings. The molecular weight excluding hydrogens is 328 g/mol. The number of hydrogen-bond donors (Lipinski definition) is 1. The third kappa shape index (κ3) is 2.47. The minimum Gasteiger partial charge on any atom is -0.374 e. The highest BCUT2D eigenvalue weighted by Crippen LogP contribution is 2.33. The normalized spacial score (nSPS) is 14.6. The zero-order valence-electron chi connectivity index (χ0n) is 14.6. The van der Waals surface area contributed by atoms with E-state index in [2.05, 4.69) is 10.3 Å². The third-order valence-electron chi connectivity index (χ3n) is 4.63. The molecule has 0 saturated carbocycles. The Bertz CT molecular complexity index is 1050. The molecule has 0 aliphatic carbocycles. The van der Waals surface area contributed by atoms with Crippen LogP contribution in [0.25, 0.3) is 16.5 Å². The van der Waals surface area contributed by atoms with Crippen LogP contribution in [-0.2, 0) is 23.2 Å². The zero-order chi connectivity index (χ0) is 18.3. The van der Waals surface area contributed by atoms with Crippen LogP contribution < -0.4 is 5.32 Å². The molecule has 1 aliphatic heterocycles. The number of aryl methyl sites for hydroxylation is 1. The van der Waals surface area contributed by atoms with Gasteiger partial charge in [0.15, 0.2) is 0 Å². The van der Waals surface area contributed by atoms with Crippen molar-refractivity contribution in [1.29, 1.82) is 0 Å². The lowest BCUT2D eigenvalue weighted by atomic mass is 10.0. The smallest absolute Gasteiger partial charge is 0.277 e. The number of benzene rings is 1. The van der Waals surface area contributed by atoms with Gasteiger partial charge in [-0.25, -0.2) is 0 Å². The third-order valence-corrected chi connectivity index (χ3v) is 4.63. The predicted octanol–water partition coefficient (Wildman–Crippen LogP) is 2.07. The Morgan fingerprint density at radius 2 is 1.77 bits per heavy atom. The minimum absolute atomic E-state index is 0.296. The molecule has 2 amide bonds. The SMILES string of the molecule is CN1C(=O)C(NCc2ccccn2)=C(c2cn(C)c3ccccc23)C1=O. The average molecular weight is 346 g/mol. The van der Waals surface area contributed by atoms with Crippen LogP contribution in [0, 0.1) is 0 Å². The van der Waals surface area contributed by atoms with Gasteiger partial charge in [0.1, 0.15) is 5.70 Å². The summed E-state index contributed by atoms with van der Waals surface area (Å²) in [5, 5.41) is 4.07. The Kier molecular flexibility index (Phi) is 3.80. The molecule has 1 aromatic carbocycles. The van der Waals surface area contributed by atoms with Crippen LogP contribution >= 0.6 is 0 Å². The second-order valence-corrected chi connectivity index (χ2v) is 6.26. The number of imide groups is 1. The monoisotopic (exact) mass is 346 g/mol. The quantitative estimate of drug-likeness (QED) is 0.735. The maximum Gasteiger partial charge on any atom is 0.277 e. The highest BCUT2D eigenvalue weighted by molar-refractivity contribution is 6.36. The standard InChI is InChI=1S/C20H18N4O2/c1-23-12-15(14-8-3-4-9-16(14)23)17-18(20(26)24(2)19(17)25)22-11-13-7-5-6-10-21-13/h3-10,12,22H,11H2,1-2H3. The van der Waals surface area contributed by atoms with Crippen LogP contribution in [0.15, 0.2) is 60.6 Å². The average Bonchev–Trinajstić information content (AvgIpc) is 3.10. The van der Waals surface area contributed by atoms with E-state index in [1.54, 1.807) is 6.20 Å². The highest BCUT2D eigenvalue weighted by atomic mass is 16.2. The van der Waals surface area contributed by atoms with Crippen molar-refractivity contribution in [1.82, 2.24) is 19.8 Å². The first kappa shape index (κ1) is 16.1. The van der Waals surface area contributed by atoms with E-state index in [-0.39, 0.29) is 11.8 Å². The molecule has 4 rings (SSSR count). The van der Waals surface area contributed by atoms with E-state index in [9.17, 15) is 9.59 Å². The molecule has 0 bridgehead atoms. The number of nitrogens with one attached hydrogen (secondary N) is 1. The summed E-state index contributed by atoms with van der Waals surface area (Å²) in [6, 6.07) is 13.4. The van der Waals surface area contributed by atoms with Gasteiger partial charge in [-0.1, -0.05) is 24.3 Å². The van der Waals surface area contributed by atoms with Crippen molar-refractivity contribution in [2.24, 2.45) is 7.05 Å². The summed E-state index contributed by atoms with van der Waals surface area (Å²) in [5.41, 5.74) is 3.29. The fourth-order valence-corrected chi connectivity index (χ4v) is 3.28. The number of aromatic nitrogens is 2. The summed E-state index contributed by atoms with van der Waals surface area (Å²) in [7, 11) is 3.43. The predicted molar refractivity (Wildman–Crippen MR) is 98.7 cm³/mol. The van der Waals surface area contributed by atoms with E-state index in [1.165, 1.54) is 7.05 Å². The number of likely N-dealkylation sites (N-methyl/N-ethyl adjacent to an activating group) is 1. The lowest BCUT2D eigenvalue weighted by Crippen LogP contribution is -2.29. The molecule has 0 unspecified atom stereocenters. The van der Waals surface area contributed by atoms with Crippen molar-refractivity contribution in [2.75, 3.05) is 7.05 Å². The Morgan fingerprint density at radius 1 is 1.00 bits per heavy atom. The molecular formula is C20H18N4O2. The number of pyridine rings is 1. The van der Waals surface area contributed by atoms with Gasteiger partial charge in [0, 0.05) is 43.0 Å². The van der Waals surface area contributed by atoms with Crippen LogP contribution in [-0.4, -0.2) is 33.3 Å². The molecule has 6 heteroatoms. The van der Waals surface area contributed by atoms with E-state index in [1.807, 2.05) is 60.3 Å². The van der Waals surface area contributed by atoms with Gasteiger partial charge in [-0.05, 0) is 18.2 Å². The van der Waals surface area contributed by atoms with Crippen molar-refractivity contribution in [2.45, 2.75) is 6.54 Å². The summed E-state index contributed by atoms with van der Waals surface area (Å²) >= 11 is 0. The largest absolute Gasteiger partial charge is 0.374 e. The fraction of sp³-hybridized carbons (Fsp3) is 0.150. The molecule has 0 spiro atoms. The summed E-state index contributed by atoms with van der Waals surface area (Å²) in [6.45, 7) is 0.372. The first-order chi connectivity index (χ1) is 12.6. The number of para-hydroxylation sites is 1. The maximum atomic E-state index is 12.8. The number of amides is 2. The molecule has 0 saturated heterocycles. The van der Waals surface area contributed by atoms with Gasteiger partial charge >= 0.3 is 0 Å². The highest BCUT2D eigenvalue weighted by Gasteiger charge is 2.37. The number of rotatable bonds is 4. The fourth-order valence-electron chi connectivity index (χ4n) is 3.28. The van der Waals surface area contributed by atoms with Crippen LogP contribution in [0.4, 0.5) is 0 Å². The molecule has 0 radical (unpaired) electrons. The molecule has 0 atom stereocenters. The number of hydrogen-bond acceptors (Lipinski definition) is 4. The van der Waals surface area contributed by atoms with Crippen LogP contribution in [0.2, 0.25) is 0 Å². The van der Waals surface area contributed by atoms with Crippen molar-refractivity contribution >= 4 is 28.3 Å². The Balaban J connectivity index is 1.82. The van der Waals surface area contributed by atoms with Gasteiger partial charge < -0.3 is 9.88 Å². The maximum absolute atomic E-state index is 12.8. The molecule has 3 heterocycles. The number of carbonyl (C=O) groups is 2. The number of fused-ring (bicyclic) bond motifs is 1. The Hall–Kier alpha value is -3.41. The second kappa shape index (κ2) is 6.15. The first-order valence-electron chi connectivity index (χ1n) is 8.33. The molecule has 2 aromatic heterocycles. The second-order valence-electron chi connectivity index (χ2n) is 6.26. The van der Waals surface area contributed by atoms with E-state index in [0.717, 1.165) is 27.1 Å². The lowest BCUT2D eigenvalue weighted by Gasteiger charge is -2.08. The van der Waals surface area contributed by atoms with Crippen molar-refractivity contribution in [3.05, 3.63) is 71.8 Å². The van der Waals surface area contributed by atoms with Gasteiger partial charge in [-0.2, -0.15) is 0 Å². The molecule has 0 fully saturated rings. The minimum atomic E-state index is -0.325. The van der Waals surface area contributed by atoms with Gasteiger partial charge in [-0.3, -0.25) is 19.5 Å². The van der Waals surface area contributed by atoms with Crippen LogP contribution in [0.1, 0.15) is 11.3 Å². The van der Waals surface area contributed by atoms with E-state index in [4.69, 9.17) is 0 Å². The summed E-state index contributed by atoms with van der Waals surface area (Å²) in [4.78, 5) is 30.8. The topological polar surface area (TPSA) is 67.2 Å². The molecule has 130 valence electrons. The Morgan fingerprint density at radius 3 is 2.54 bits per heavy atom. The summed E-state index contributed by atoms with van der Waals surface area (Å²) < 4.78 is 1.96.